The molecule has 5 nitrogen and oxygen atoms in total. The van der Waals surface area contributed by atoms with Gasteiger partial charge in [0.05, 0.1) is 4.90 Å². The number of amides is 1. The van der Waals surface area contributed by atoms with E-state index in [0.29, 0.717) is 11.6 Å². The Morgan fingerprint density at radius 1 is 1.07 bits per heavy atom. The van der Waals surface area contributed by atoms with Crippen LogP contribution in [0.15, 0.2) is 53.4 Å². The van der Waals surface area contributed by atoms with E-state index in [2.05, 4.69) is 17.1 Å². The Morgan fingerprint density at radius 2 is 1.68 bits per heavy atom. The lowest BCUT2D eigenvalue weighted by Gasteiger charge is -2.18. The number of nitrogens with one attached hydrogen (secondary N) is 1. The van der Waals surface area contributed by atoms with Crippen LogP contribution in [0.3, 0.4) is 0 Å². The molecular weight excluding hydrogens is 393 g/mol. The lowest BCUT2D eigenvalue weighted by Crippen LogP contribution is -2.23. The highest BCUT2D eigenvalue weighted by atomic mass is 32.2. The zero-order valence-electron chi connectivity index (χ0n) is 15.0. The van der Waals surface area contributed by atoms with Gasteiger partial charge in [-0.2, -0.15) is 13.2 Å². The van der Waals surface area contributed by atoms with Gasteiger partial charge in [0, 0.05) is 30.0 Å². The fraction of sp³-hybridized carbons (Fsp3) is 0.316. The van der Waals surface area contributed by atoms with Crippen LogP contribution in [0.2, 0.25) is 0 Å². The van der Waals surface area contributed by atoms with E-state index in [1.54, 1.807) is 12.1 Å². The van der Waals surface area contributed by atoms with Crippen molar-refractivity contribution in [2.24, 2.45) is 5.92 Å². The fourth-order valence-corrected chi connectivity index (χ4v) is 3.81. The number of anilines is 2. The van der Waals surface area contributed by atoms with Crippen LogP contribution in [0.1, 0.15) is 23.7 Å². The van der Waals surface area contributed by atoms with Crippen molar-refractivity contribution in [3.05, 3.63) is 54.1 Å². The maximum absolute atomic E-state index is 12.6. The molecule has 1 amide bonds. The molecule has 0 radical (unpaired) electrons. The molecule has 0 saturated carbocycles. The molecule has 0 aliphatic carbocycles. The molecule has 1 aliphatic rings. The van der Waals surface area contributed by atoms with Gasteiger partial charge < -0.3 is 10.2 Å². The maximum atomic E-state index is 12.6. The second-order valence-corrected chi connectivity index (χ2v) is 8.76. The molecule has 0 aromatic heterocycles. The molecule has 1 N–H and O–H groups in total. The van der Waals surface area contributed by atoms with Gasteiger partial charge in [0.1, 0.15) is 0 Å². The van der Waals surface area contributed by atoms with E-state index in [4.69, 9.17) is 0 Å². The summed E-state index contributed by atoms with van der Waals surface area (Å²) < 4.78 is 60.4. The van der Waals surface area contributed by atoms with E-state index in [0.717, 1.165) is 49.5 Å². The first-order valence-corrected chi connectivity index (χ1v) is 10.1. The molecule has 1 unspecified atom stereocenters. The molecule has 9 heteroatoms. The molecule has 2 aromatic rings. The predicted molar refractivity (Wildman–Crippen MR) is 100 cm³/mol. The summed E-state index contributed by atoms with van der Waals surface area (Å²) in [6, 6.07) is 10.9. The SMILES string of the molecule is CC1CCN(c2ccc(NC(=O)c3ccc(S(=O)(=O)C(F)(F)F)cc3)cc2)C1. The number of carbonyl (C=O) groups excluding carboxylic acids is 1. The highest BCUT2D eigenvalue weighted by Gasteiger charge is 2.46. The van der Waals surface area contributed by atoms with Gasteiger partial charge in [-0.15, -0.1) is 0 Å². The van der Waals surface area contributed by atoms with Gasteiger partial charge in [-0.3, -0.25) is 4.79 Å². The molecular formula is C19H19F3N2O3S. The smallest absolute Gasteiger partial charge is 0.371 e. The van der Waals surface area contributed by atoms with Crippen LogP contribution in [-0.2, 0) is 9.84 Å². The van der Waals surface area contributed by atoms with Crippen LogP contribution < -0.4 is 10.2 Å². The number of nitrogens with zero attached hydrogens (tertiary/aromatic N) is 1. The predicted octanol–water partition coefficient (Wildman–Crippen LogP) is 4.08. The van der Waals surface area contributed by atoms with Gasteiger partial charge in [0.15, 0.2) is 0 Å². The van der Waals surface area contributed by atoms with Gasteiger partial charge in [-0.05, 0) is 60.9 Å². The Morgan fingerprint density at radius 3 is 2.18 bits per heavy atom. The van der Waals surface area contributed by atoms with Crippen LogP contribution in [-0.4, -0.2) is 32.9 Å². The van der Waals surface area contributed by atoms with Gasteiger partial charge in [-0.25, -0.2) is 8.42 Å². The Labute approximate surface area is 161 Å². The van der Waals surface area contributed by atoms with Crippen molar-refractivity contribution in [1.29, 1.82) is 0 Å². The summed E-state index contributed by atoms with van der Waals surface area (Å²) in [6.45, 7) is 4.17. The van der Waals surface area contributed by atoms with Crippen LogP contribution in [0.4, 0.5) is 24.5 Å². The largest absolute Gasteiger partial charge is 0.501 e. The van der Waals surface area contributed by atoms with Gasteiger partial charge in [-0.1, -0.05) is 6.92 Å². The number of hydrogen-bond acceptors (Lipinski definition) is 4. The third-order valence-corrected chi connectivity index (χ3v) is 6.15. The van der Waals surface area contributed by atoms with Crippen molar-refractivity contribution in [3.8, 4) is 0 Å². The zero-order chi connectivity index (χ0) is 20.5. The number of alkyl halides is 3. The first-order valence-electron chi connectivity index (χ1n) is 8.66. The van der Waals surface area contributed by atoms with Gasteiger partial charge in [0.2, 0.25) is 0 Å². The van der Waals surface area contributed by atoms with Gasteiger partial charge in [0.25, 0.3) is 15.7 Å². The summed E-state index contributed by atoms with van der Waals surface area (Å²) in [7, 11) is -5.43. The minimum atomic E-state index is -5.43. The zero-order valence-corrected chi connectivity index (χ0v) is 15.8. The highest BCUT2D eigenvalue weighted by Crippen LogP contribution is 2.30. The lowest BCUT2D eigenvalue weighted by molar-refractivity contribution is -0.0436. The number of sulfone groups is 1. The van der Waals surface area contributed by atoms with Crippen molar-refractivity contribution < 1.29 is 26.4 Å². The Kier molecular flexibility index (Phi) is 5.38. The number of halogens is 3. The Hall–Kier alpha value is -2.55. The molecule has 0 bridgehead atoms. The number of rotatable bonds is 4. The summed E-state index contributed by atoms with van der Waals surface area (Å²) >= 11 is 0. The Bertz CT molecular complexity index is 955. The molecule has 1 heterocycles. The summed E-state index contributed by atoms with van der Waals surface area (Å²) in [5.41, 5.74) is -3.73. The summed E-state index contributed by atoms with van der Waals surface area (Å²) in [4.78, 5) is 13.6. The number of carbonyl (C=O) groups is 1. The minimum Gasteiger partial charge on any atom is -0.371 e. The molecule has 2 aromatic carbocycles. The maximum Gasteiger partial charge on any atom is 0.501 e. The number of benzene rings is 2. The first-order chi connectivity index (χ1) is 13.1. The van der Waals surface area contributed by atoms with E-state index in [9.17, 15) is 26.4 Å². The summed E-state index contributed by atoms with van der Waals surface area (Å²) in [6.07, 6.45) is 1.14. The minimum absolute atomic E-state index is 0.0542. The monoisotopic (exact) mass is 412 g/mol. The molecule has 3 rings (SSSR count). The normalized spacial score (nSPS) is 17.6. The highest BCUT2D eigenvalue weighted by molar-refractivity contribution is 7.92. The molecule has 0 spiro atoms. The second-order valence-electron chi connectivity index (χ2n) is 6.81. The van der Waals surface area contributed by atoms with E-state index in [1.807, 2.05) is 12.1 Å². The average molecular weight is 412 g/mol. The van der Waals surface area contributed by atoms with Crippen molar-refractivity contribution in [2.45, 2.75) is 23.7 Å². The van der Waals surface area contributed by atoms with E-state index in [-0.39, 0.29) is 5.56 Å². The van der Waals surface area contributed by atoms with Crippen molar-refractivity contribution in [1.82, 2.24) is 0 Å². The lowest BCUT2D eigenvalue weighted by atomic mass is 10.2. The average Bonchev–Trinajstić information content (AvgIpc) is 3.08. The fourth-order valence-electron chi connectivity index (χ4n) is 3.05. The van der Waals surface area contributed by atoms with Crippen molar-refractivity contribution in [2.75, 3.05) is 23.3 Å². The van der Waals surface area contributed by atoms with Crippen molar-refractivity contribution >= 4 is 27.1 Å². The third kappa shape index (κ3) is 4.14. The van der Waals surface area contributed by atoms with Gasteiger partial charge >= 0.3 is 5.51 Å². The van der Waals surface area contributed by atoms with Crippen LogP contribution in [0.25, 0.3) is 0 Å². The summed E-state index contributed by atoms with van der Waals surface area (Å²) in [5.74, 6) is 0.0991. The van der Waals surface area contributed by atoms with E-state index < -0.39 is 26.1 Å². The van der Waals surface area contributed by atoms with E-state index in [1.165, 1.54) is 0 Å². The molecule has 1 atom stereocenters. The molecule has 1 saturated heterocycles. The molecule has 1 aliphatic heterocycles. The number of hydrogen-bond donors (Lipinski definition) is 1. The molecule has 150 valence electrons. The van der Waals surface area contributed by atoms with Crippen LogP contribution >= 0.6 is 0 Å². The van der Waals surface area contributed by atoms with Crippen molar-refractivity contribution in [3.63, 3.8) is 0 Å². The second kappa shape index (κ2) is 7.46. The summed E-state index contributed by atoms with van der Waals surface area (Å²) in [5, 5.41) is 2.64. The quantitative estimate of drug-likeness (QED) is 0.822. The third-order valence-electron chi connectivity index (χ3n) is 4.65. The standard InChI is InChI=1S/C19H19F3N2O3S/c1-13-10-11-24(12-13)16-6-4-15(5-7-16)23-18(25)14-2-8-17(9-3-14)28(26,27)19(20,21)22/h2-9,13H,10-12H2,1H3,(H,23,25). The Balaban J connectivity index is 1.68. The topological polar surface area (TPSA) is 66.5 Å². The van der Waals surface area contributed by atoms with Crippen LogP contribution in [0, 0.1) is 5.92 Å². The van der Waals surface area contributed by atoms with E-state index >= 15 is 0 Å². The molecule has 1 fully saturated rings. The molecule has 28 heavy (non-hydrogen) atoms. The first kappa shape index (κ1) is 20.2. The van der Waals surface area contributed by atoms with Crippen LogP contribution in [0.5, 0.6) is 0 Å².